The molecule has 1 aliphatic rings. The average Bonchev–Trinajstić information content (AvgIpc) is 2.26. The first-order valence-corrected chi connectivity index (χ1v) is 5.30. The van der Waals surface area contributed by atoms with E-state index in [4.69, 9.17) is 10.5 Å². The highest BCUT2D eigenvalue weighted by Crippen LogP contribution is 2.25. The molecule has 2 N–H and O–H groups in total. The van der Waals surface area contributed by atoms with Gasteiger partial charge in [0.2, 0.25) is 0 Å². The predicted molar refractivity (Wildman–Crippen MR) is 58.3 cm³/mol. The Kier molecular flexibility index (Phi) is 3.02. The number of hydrogen-bond acceptors (Lipinski definition) is 3. The van der Waals surface area contributed by atoms with Crippen molar-refractivity contribution >= 4 is 5.78 Å². The van der Waals surface area contributed by atoms with Gasteiger partial charge in [0.15, 0.2) is 5.78 Å². The molecule has 80 valence electrons. The second kappa shape index (κ2) is 4.45. The van der Waals surface area contributed by atoms with Crippen molar-refractivity contribution in [2.75, 3.05) is 13.2 Å². The molecular formula is C12H15NO2. The first kappa shape index (κ1) is 10.2. The minimum atomic E-state index is 0.252. The van der Waals surface area contributed by atoms with Crippen LogP contribution < -0.4 is 10.5 Å². The Morgan fingerprint density at radius 2 is 2.20 bits per heavy atom. The van der Waals surface area contributed by atoms with E-state index in [1.54, 1.807) is 0 Å². The summed E-state index contributed by atoms with van der Waals surface area (Å²) in [5.74, 6) is 1.07. The zero-order valence-corrected chi connectivity index (χ0v) is 8.66. The van der Waals surface area contributed by atoms with Gasteiger partial charge >= 0.3 is 0 Å². The standard InChI is InChI=1S/C12H15NO2/c13-6-7-15-10-4-5-11-9(8-10)2-1-3-12(11)14/h4-5,8H,1-3,6-7,13H2. The average molecular weight is 205 g/mol. The normalized spacial score (nSPS) is 14.9. The smallest absolute Gasteiger partial charge is 0.163 e. The van der Waals surface area contributed by atoms with E-state index < -0.39 is 0 Å². The van der Waals surface area contributed by atoms with Crippen molar-refractivity contribution in [3.63, 3.8) is 0 Å². The number of nitrogens with two attached hydrogens (primary N) is 1. The van der Waals surface area contributed by atoms with Gasteiger partial charge < -0.3 is 10.5 Å². The lowest BCUT2D eigenvalue weighted by atomic mass is 9.91. The lowest BCUT2D eigenvalue weighted by Gasteiger charge is -2.15. The lowest BCUT2D eigenvalue weighted by Crippen LogP contribution is -2.13. The maximum absolute atomic E-state index is 11.6. The number of ether oxygens (including phenoxy) is 1. The summed E-state index contributed by atoms with van der Waals surface area (Å²) in [6.07, 6.45) is 2.60. The van der Waals surface area contributed by atoms with Crippen molar-refractivity contribution in [1.82, 2.24) is 0 Å². The van der Waals surface area contributed by atoms with Crippen molar-refractivity contribution in [3.8, 4) is 5.75 Å². The van der Waals surface area contributed by atoms with Crippen LogP contribution in [0.5, 0.6) is 5.75 Å². The van der Waals surface area contributed by atoms with Crippen molar-refractivity contribution < 1.29 is 9.53 Å². The summed E-state index contributed by atoms with van der Waals surface area (Å²) >= 11 is 0. The maximum atomic E-state index is 11.6. The summed E-state index contributed by atoms with van der Waals surface area (Å²) in [4.78, 5) is 11.6. The number of Topliss-reactive ketones (excluding diaryl/α,β-unsaturated/α-hetero) is 1. The predicted octanol–water partition coefficient (Wildman–Crippen LogP) is 1.54. The van der Waals surface area contributed by atoms with E-state index in [2.05, 4.69) is 0 Å². The molecule has 1 aliphatic carbocycles. The third-order valence-corrected chi connectivity index (χ3v) is 2.61. The molecule has 3 heteroatoms. The van der Waals surface area contributed by atoms with Crippen molar-refractivity contribution in [2.24, 2.45) is 5.73 Å². The van der Waals surface area contributed by atoms with E-state index in [1.165, 1.54) is 0 Å². The molecule has 0 bridgehead atoms. The third-order valence-electron chi connectivity index (χ3n) is 2.61. The van der Waals surface area contributed by atoms with Gasteiger partial charge in [-0.05, 0) is 36.6 Å². The van der Waals surface area contributed by atoms with Crippen molar-refractivity contribution in [1.29, 1.82) is 0 Å². The SMILES string of the molecule is NCCOc1ccc2c(c1)CCCC2=O. The molecule has 0 unspecified atom stereocenters. The molecule has 1 aromatic carbocycles. The van der Waals surface area contributed by atoms with Crippen LogP contribution in [0.15, 0.2) is 18.2 Å². The first-order chi connectivity index (χ1) is 7.31. The number of hydrogen-bond donors (Lipinski definition) is 1. The van der Waals surface area contributed by atoms with Crippen LogP contribution in [0.1, 0.15) is 28.8 Å². The maximum Gasteiger partial charge on any atom is 0.163 e. The van der Waals surface area contributed by atoms with Crippen LogP contribution in [0.4, 0.5) is 0 Å². The van der Waals surface area contributed by atoms with Crippen LogP contribution in [0.25, 0.3) is 0 Å². The quantitative estimate of drug-likeness (QED) is 0.814. The van der Waals surface area contributed by atoms with Crippen LogP contribution >= 0.6 is 0 Å². The molecule has 2 rings (SSSR count). The van der Waals surface area contributed by atoms with E-state index in [0.717, 1.165) is 29.7 Å². The van der Waals surface area contributed by atoms with Gasteiger partial charge in [-0.1, -0.05) is 0 Å². The highest BCUT2D eigenvalue weighted by molar-refractivity contribution is 5.98. The molecule has 0 radical (unpaired) electrons. The van der Waals surface area contributed by atoms with Crippen LogP contribution in [0.2, 0.25) is 0 Å². The topological polar surface area (TPSA) is 52.3 Å². The fraction of sp³-hybridized carbons (Fsp3) is 0.417. The van der Waals surface area contributed by atoms with E-state index >= 15 is 0 Å². The molecule has 3 nitrogen and oxygen atoms in total. The Morgan fingerprint density at radius 1 is 1.33 bits per heavy atom. The molecule has 0 aromatic heterocycles. The van der Waals surface area contributed by atoms with E-state index in [9.17, 15) is 4.79 Å². The fourth-order valence-corrected chi connectivity index (χ4v) is 1.89. The van der Waals surface area contributed by atoms with Gasteiger partial charge in [0, 0.05) is 18.5 Å². The van der Waals surface area contributed by atoms with Gasteiger partial charge in [0.05, 0.1) is 0 Å². The molecule has 0 heterocycles. The second-order valence-electron chi connectivity index (χ2n) is 3.73. The van der Waals surface area contributed by atoms with Crippen molar-refractivity contribution in [3.05, 3.63) is 29.3 Å². The van der Waals surface area contributed by atoms with Gasteiger partial charge in [-0.25, -0.2) is 0 Å². The van der Waals surface area contributed by atoms with Crippen LogP contribution in [0.3, 0.4) is 0 Å². The highest BCUT2D eigenvalue weighted by Gasteiger charge is 2.17. The Morgan fingerprint density at radius 3 is 3.00 bits per heavy atom. The Labute approximate surface area is 89.2 Å². The van der Waals surface area contributed by atoms with Gasteiger partial charge in [0.1, 0.15) is 12.4 Å². The van der Waals surface area contributed by atoms with Crippen LogP contribution in [-0.4, -0.2) is 18.9 Å². The summed E-state index contributed by atoms with van der Waals surface area (Å²) in [5.41, 5.74) is 7.33. The molecule has 0 saturated carbocycles. The number of carbonyl (C=O) groups excluding carboxylic acids is 1. The second-order valence-corrected chi connectivity index (χ2v) is 3.73. The number of ketones is 1. The zero-order chi connectivity index (χ0) is 10.7. The van der Waals surface area contributed by atoms with Crippen molar-refractivity contribution in [2.45, 2.75) is 19.3 Å². The van der Waals surface area contributed by atoms with Gasteiger partial charge in [-0.15, -0.1) is 0 Å². The van der Waals surface area contributed by atoms with Gasteiger partial charge in [-0.3, -0.25) is 4.79 Å². The monoisotopic (exact) mass is 205 g/mol. The Balaban J connectivity index is 2.21. The number of carbonyl (C=O) groups is 1. The highest BCUT2D eigenvalue weighted by atomic mass is 16.5. The fourth-order valence-electron chi connectivity index (χ4n) is 1.89. The molecule has 0 aliphatic heterocycles. The zero-order valence-electron chi connectivity index (χ0n) is 8.66. The number of aryl methyl sites for hydroxylation is 1. The lowest BCUT2D eigenvalue weighted by molar-refractivity contribution is 0.0972. The molecule has 1 aromatic rings. The Hall–Kier alpha value is -1.35. The first-order valence-electron chi connectivity index (χ1n) is 5.30. The minimum absolute atomic E-state index is 0.252. The molecule has 0 fully saturated rings. The molecule has 0 saturated heterocycles. The largest absolute Gasteiger partial charge is 0.492 e. The molecular weight excluding hydrogens is 190 g/mol. The summed E-state index contributed by atoms with van der Waals surface area (Å²) in [5, 5.41) is 0. The van der Waals surface area contributed by atoms with E-state index in [-0.39, 0.29) is 5.78 Å². The summed E-state index contributed by atoms with van der Waals surface area (Å²) in [6.45, 7) is 1.03. The molecule has 0 atom stereocenters. The van der Waals surface area contributed by atoms with Crippen LogP contribution in [0, 0.1) is 0 Å². The van der Waals surface area contributed by atoms with E-state index in [1.807, 2.05) is 18.2 Å². The summed E-state index contributed by atoms with van der Waals surface area (Å²) in [7, 11) is 0. The van der Waals surface area contributed by atoms with Gasteiger partial charge in [0.25, 0.3) is 0 Å². The van der Waals surface area contributed by atoms with Crippen LogP contribution in [-0.2, 0) is 6.42 Å². The molecule has 0 amide bonds. The van der Waals surface area contributed by atoms with E-state index in [0.29, 0.717) is 19.6 Å². The summed E-state index contributed by atoms with van der Waals surface area (Å²) < 4.78 is 5.42. The summed E-state index contributed by atoms with van der Waals surface area (Å²) in [6, 6.07) is 5.67. The third kappa shape index (κ3) is 2.18. The Bertz CT molecular complexity index is 374. The number of benzene rings is 1. The molecule has 15 heavy (non-hydrogen) atoms. The number of rotatable bonds is 3. The van der Waals surface area contributed by atoms with Gasteiger partial charge in [-0.2, -0.15) is 0 Å². The molecule has 0 spiro atoms. The number of fused-ring (bicyclic) bond motifs is 1. The minimum Gasteiger partial charge on any atom is -0.492 e.